The number of carbonyl (C=O) groups excluding carboxylic acids is 2. The van der Waals surface area contributed by atoms with E-state index in [2.05, 4.69) is 0 Å². The van der Waals surface area contributed by atoms with Crippen molar-refractivity contribution < 1.29 is 24.5 Å². The van der Waals surface area contributed by atoms with Gasteiger partial charge in [0.1, 0.15) is 17.3 Å². The Bertz CT molecular complexity index is 950. The predicted molar refractivity (Wildman–Crippen MR) is 132 cm³/mol. The number of phenols is 1. The fraction of sp³-hybridized carbons (Fsp3) is 0.571. The number of rotatable bonds is 10. The number of aromatic hydroxyl groups is 1. The molecule has 0 saturated heterocycles. The van der Waals surface area contributed by atoms with E-state index in [1.54, 1.807) is 27.0 Å². The minimum absolute atomic E-state index is 0.0199. The van der Waals surface area contributed by atoms with Crippen LogP contribution < -0.4 is 4.74 Å². The van der Waals surface area contributed by atoms with Crippen LogP contribution in [0.1, 0.15) is 77.8 Å². The van der Waals surface area contributed by atoms with E-state index >= 15 is 0 Å². The maximum Gasteiger partial charge on any atom is 0.161 e. The molecule has 2 rings (SSSR count). The van der Waals surface area contributed by atoms with E-state index in [-0.39, 0.29) is 17.3 Å². The van der Waals surface area contributed by atoms with Crippen molar-refractivity contribution in [2.24, 2.45) is 10.8 Å². The number of ether oxygens (including phenoxy) is 1. The van der Waals surface area contributed by atoms with Gasteiger partial charge in [-0.1, -0.05) is 38.0 Å². The van der Waals surface area contributed by atoms with Crippen molar-refractivity contribution in [1.29, 1.82) is 0 Å². The lowest BCUT2D eigenvalue weighted by molar-refractivity contribution is -0.131. The fourth-order valence-electron chi connectivity index (χ4n) is 4.83. The molecule has 1 saturated carbocycles. The molecule has 5 heteroatoms. The van der Waals surface area contributed by atoms with Gasteiger partial charge in [-0.2, -0.15) is 0 Å². The topological polar surface area (TPSA) is 83.8 Å². The van der Waals surface area contributed by atoms with Gasteiger partial charge < -0.3 is 14.9 Å². The number of hydrogen-bond donors (Lipinski definition) is 2. The molecule has 1 aromatic rings. The van der Waals surface area contributed by atoms with Gasteiger partial charge in [-0.25, -0.2) is 0 Å². The van der Waals surface area contributed by atoms with Crippen molar-refractivity contribution >= 4 is 11.6 Å². The summed E-state index contributed by atoms with van der Waals surface area (Å²) >= 11 is 0. The van der Waals surface area contributed by atoms with Crippen molar-refractivity contribution in [2.75, 3.05) is 7.11 Å². The molecule has 1 aliphatic carbocycles. The number of ketones is 2. The first kappa shape index (κ1) is 26.8. The van der Waals surface area contributed by atoms with Gasteiger partial charge in [-0.05, 0) is 76.1 Å². The molecule has 0 amide bonds. The maximum absolute atomic E-state index is 13.0. The van der Waals surface area contributed by atoms with E-state index in [0.29, 0.717) is 25.0 Å². The Kier molecular flexibility index (Phi) is 8.34. The lowest BCUT2D eigenvalue weighted by Gasteiger charge is -2.39. The lowest BCUT2D eigenvalue weighted by Crippen LogP contribution is -2.40. The molecule has 0 unspecified atom stereocenters. The maximum atomic E-state index is 13.0. The van der Waals surface area contributed by atoms with Crippen LogP contribution in [0.15, 0.2) is 35.9 Å². The van der Waals surface area contributed by atoms with Gasteiger partial charge in [0.05, 0.1) is 12.7 Å². The molecular weight excluding hydrogens is 416 g/mol. The monoisotopic (exact) mass is 456 g/mol. The largest absolute Gasteiger partial charge is 0.507 e. The lowest BCUT2D eigenvalue weighted by atomic mass is 9.63. The summed E-state index contributed by atoms with van der Waals surface area (Å²) in [5.41, 5.74) is 0.381. The Hall–Kier alpha value is -2.40. The van der Waals surface area contributed by atoms with Gasteiger partial charge in [-0.3, -0.25) is 9.59 Å². The van der Waals surface area contributed by atoms with Crippen LogP contribution >= 0.6 is 0 Å². The second-order valence-corrected chi connectivity index (χ2v) is 10.7. The van der Waals surface area contributed by atoms with Crippen LogP contribution in [-0.4, -0.2) is 34.5 Å². The zero-order chi connectivity index (χ0) is 25.0. The van der Waals surface area contributed by atoms with Gasteiger partial charge in [0.25, 0.3) is 0 Å². The van der Waals surface area contributed by atoms with Crippen molar-refractivity contribution in [2.45, 2.75) is 85.7 Å². The second-order valence-electron chi connectivity index (χ2n) is 10.7. The molecule has 5 nitrogen and oxygen atoms in total. The summed E-state index contributed by atoms with van der Waals surface area (Å²) in [6, 6.07) is 3.60. The number of aliphatic hydroxyl groups is 1. The number of benzene rings is 1. The van der Waals surface area contributed by atoms with E-state index in [1.165, 1.54) is 12.2 Å². The Morgan fingerprint density at radius 2 is 1.88 bits per heavy atom. The number of Topliss-reactive ketones (excluding diaryl/α,β-unsaturated/α-hetero) is 1. The van der Waals surface area contributed by atoms with Crippen LogP contribution in [0.25, 0.3) is 0 Å². The average molecular weight is 457 g/mol. The van der Waals surface area contributed by atoms with Gasteiger partial charge in [0.2, 0.25) is 0 Å². The smallest absolute Gasteiger partial charge is 0.161 e. The zero-order valence-corrected chi connectivity index (χ0v) is 21.2. The normalized spacial score (nSPS) is 23.8. The SMILES string of the molecule is COc1cc(C)c(O)c(CC=C(C)CC(=O)C[C@@]2(C)CCC[C@@]2(C)C(=O)C=CC(C)(C)O)c1. The molecular formula is C28H40O5. The van der Waals surface area contributed by atoms with Gasteiger partial charge in [0.15, 0.2) is 5.78 Å². The van der Waals surface area contributed by atoms with Crippen molar-refractivity contribution in [3.8, 4) is 11.5 Å². The molecule has 1 aliphatic rings. The van der Waals surface area contributed by atoms with E-state index < -0.39 is 16.4 Å². The van der Waals surface area contributed by atoms with Crippen LogP contribution in [0, 0.1) is 17.8 Å². The molecule has 0 aromatic heterocycles. The third-order valence-electron chi connectivity index (χ3n) is 7.25. The first-order valence-electron chi connectivity index (χ1n) is 11.7. The minimum atomic E-state index is -1.05. The summed E-state index contributed by atoms with van der Waals surface area (Å²) in [6.07, 6.45) is 8.66. The number of allylic oxidation sites excluding steroid dienone is 3. The van der Waals surface area contributed by atoms with Crippen LogP contribution in [0.4, 0.5) is 0 Å². The number of methoxy groups -OCH3 is 1. The Balaban J connectivity index is 2.09. The highest BCUT2D eigenvalue weighted by Gasteiger charge is 2.52. The van der Waals surface area contributed by atoms with Crippen LogP contribution in [0.5, 0.6) is 11.5 Å². The molecule has 2 N–H and O–H groups in total. The number of phenolic OH excluding ortho intramolecular Hbond substituents is 1. The molecule has 0 aliphatic heterocycles. The van der Waals surface area contributed by atoms with Crippen molar-refractivity contribution in [3.63, 3.8) is 0 Å². The molecule has 0 heterocycles. The second kappa shape index (κ2) is 10.3. The summed E-state index contributed by atoms with van der Waals surface area (Å²) in [5.74, 6) is 1.04. The Morgan fingerprint density at radius 3 is 2.48 bits per heavy atom. The molecule has 0 spiro atoms. The highest BCUT2D eigenvalue weighted by atomic mass is 16.5. The van der Waals surface area contributed by atoms with Crippen LogP contribution in [0.3, 0.4) is 0 Å². The van der Waals surface area contributed by atoms with E-state index in [1.807, 2.05) is 39.8 Å². The summed E-state index contributed by atoms with van der Waals surface area (Å²) in [7, 11) is 1.60. The third-order valence-corrected chi connectivity index (χ3v) is 7.25. The van der Waals surface area contributed by atoms with Crippen LogP contribution in [0.2, 0.25) is 0 Å². The standard InChI is InChI=1S/C28H40O5/c1-19(9-10-21-17-23(33-7)16-20(2)25(21)31)15-22(29)18-27(5)12-8-13-28(27,6)24(30)11-14-26(3,4)32/h9,11,14,16-17,31-32H,8,10,12-13,15,18H2,1-7H3/t27-,28+/m1/s1. The third kappa shape index (κ3) is 6.57. The first-order chi connectivity index (χ1) is 15.2. The number of hydrogen-bond acceptors (Lipinski definition) is 5. The molecule has 0 bridgehead atoms. The highest BCUT2D eigenvalue weighted by molar-refractivity contribution is 5.96. The van der Waals surface area contributed by atoms with Gasteiger partial charge in [-0.15, -0.1) is 0 Å². The fourth-order valence-corrected chi connectivity index (χ4v) is 4.83. The highest BCUT2D eigenvalue weighted by Crippen LogP contribution is 2.55. The van der Waals surface area contributed by atoms with Crippen molar-refractivity contribution in [3.05, 3.63) is 47.1 Å². The molecule has 2 atom stereocenters. The summed E-state index contributed by atoms with van der Waals surface area (Å²) < 4.78 is 5.29. The molecule has 182 valence electrons. The van der Waals surface area contributed by atoms with Gasteiger partial charge >= 0.3 is 0 Å². The van der Waals surface area contributed by atoms with Crippen LogP contribution in [-0.2, 0) is 16.0 Å². The molecule has 1 fully saturated rings. The quantitative estimate of drug-likeness (QED) is 0.352. The average Bonchev–Trinajstić information content (AvgIpc) is 3.01. The number of aryl methyl sites for hydroxylation is 1. The summed E-state index contributed by atoms with van der Waals surface area (Å²) in [5, 5.41) is 20.3. The molecule has 0 radical (unpaired) electrons. The van der Waals surface area contributed by atoms with E-state index in [4.69, 9.17) is 4.74 Å². The zero-order valence-electron chi connectivity index (χ0n) is 21.2. The molecule has 33 heavy (non-hydrogen) atoms. The summed E-state index contributed by atoms with van der Waals surface area (Å²) in [4.78, 5) is 26.0. The minimum Gasteiger partial charge on any atom is -0.507 e. The van der Waals surface area contributed by atoms with E-state index in [9.17, 15) is 19.8 Å². The first-order valence-corrected chi connectivity index (χ1v) is 11.7. The Morgan fingerprint density at radius 1 is 1.21 bits per heavy atom. The summed E-state index contributed by atoms with van der Waals surface area (Å²) in [6.45, 7) is 11.0. The van der Waals surface area contributed by atoms with E-state index in [0.717, 1.165) is 36.0 Å². The molecule has 1 aromatic carbocycles. The predicted octanol–water partition coefficient (Wildman–Crippen LogP) is 5.64. The Labute approximate surface area is 198 Å². The van der Waals surface area contributed by atoms with Gasteiger partial charge in [0, 0.05) is 23.8 Å². The number of carbonyl (C=O) groups is 2. The van der Waals surface area contributed by atoms with Crippen molar-refractivity contribution in [1.82, 2.24) is 0 Å².